The van der Waals surface area contributed by atoms with Gasteiger partial charge in [-0.25, -0.2) is 0 Å². The van der Waals surface area contributed by atoms with Crippen molar-refractivity contribution in [2.24, 2.45) is 0 Å². The second-order valence-electron chi connectivity index (χ2n) is 13.1. The van der Waals surface area contributed by atoms with E-state index in [1.165, 1.54) is 167 Å². The van der Waals surface area contributed by atoms with E-state index in [2.05, 4.69) is 13.8 Å². The molecular weight excluding hydrogens is 590 g/mol. The van der Waals surface area contributed by atoms with Crippen molar-refractivity contribution in [1.29, 1.82) is 0 Å². The first-order chi connectivity index (χ1) is 21.4. The number of unbranched alkanes of at least 4 members (excludes halogenated alkanes) is 28. The average molecular weight is 665 g/mol. The molecule has 0 aliphatic rings. The van der Waals surface area contributed by atoms with Gasteiger partial charge in [-0.15, -0.1) is 0 Å². The summed E-state index contributed by atoms with van der Waals surface area (Å²) in [5.74, 6) is -2.07. The second-order valence-corrected chi connectivity index (χ2v) is 13.1. The molecule has 0 saturated heterocycles. The van der Waals surface area contributed by atoms with Crippen LogP contribution in [0.3, 0.4) is 0 Å². The Balaban J connectivity index is -0.000000367. The SMILES string of the molecule is CCCCCCCCCCCCCCCC/C=C(/C)C(=O)[O-].CCCCCCCCCCCCCCCC/C=C(/C)C(=O)[O-].[Na+].[Na+]. The standard InChI is InChI=1S/2C20H38O2.2Na/c2*1-3-4-5-6-7-8-9-10-11-12-13-14-15-16-17-18-19(2)20(21)22;;/h2*18H,3-17H2,1-2H3,(H,21,22);;/q;;2*+1/p-2/b2*19-18-;;. The summed E-state index contributed by atoms with van der Waals surface area (Å²) in [6.07, 6.45) is 43.2. The Bertz CT molecular complexity index is 633. The molecule has 0 aliphatic carbocycles. The van der Waals surface area contributed by atoms with Crippen molar-refractivity contribution in [3.8, 4) is 0 Å². The zero-order valence-corrected chi connectivity index (χ0v) is 36.0. The van der Waals surface area contributed by atoms with E-state index in [-0.39, 0.29) is 59.1 Å². The van der Waals surface area contributed by atoms with E-state index in [9.17, 15) is 19.8 Å². The van der Waals surface area contributed by atoms with E-state index in [1.807, 2.05) is 0 Å². The first-order valence-corrected chi connectivity index (χ1v) is 19.1. The first kappa shape index (κ1) is 53.2. The summed E-state index contributed by atoms with van der Waals surface area (Å²) in [6.45, 7) is 7.76. The van der Waals surface area contributed by atoms with Crippen LogP contribution < -0.4 is 69.3 Å². The monoisotopic (exact) mass is 665 g/mol. The second kappa shape index (κ2) is 45.4. The third kappa shape index (κ3) is 46.5. The van der Waals surface area contributed by atoms with Crippen LogP contribution >= 0.6 is 0 Å². The van der Waals surface area contributed by atoms with Crippen LogP contribution in [0, 0.1) is 0 Å². The van der Waals surface area contributed by atoms with Gasteiger partial charge in [0.1, 0.15) is 0 Å². The van der Waals surface area contributed by atoms with Gasteiger partial charge in [0.05, 0.1) is 11.9 Å². The van der Waals surface area contributed by atoms with Crippen molar-refractivity contribution in [2.45, 2.75) is 220 Å². The number of rotatable bonds is 32. The minimum Gasteiger partial charge on any atom is -0.545 e. The van der Waals surface area contributed by atoms with Gasteiger partial charge in [-0.2, -0.15) is 0 Å². The van der Waals surface area contributed by atoms with Crippen LogP contribution in [0.5, 0.6) is 0 Å². The van der Waals surface area contributed by atoms with Crippen molar-refractivity contribution >= 4 is 11.9 Å². The Morgan fingerprint density at radius 2 is 0.543 bits per heavy atom. The van der Waals surface area contributed by atoms with Crippen LogP contribution in [0.4, 0.5) is 0 Å². The Morgan fingerprint density at radius 3 is 0.717 bits per heavy atom. The number of aliphatic carboxylic acids is 2. The van der Waals surface area contributed by atoms with E-state index in [0.717, 1.165) is 25.7 Å². The molecular formula is C40H74Na2O4. The van der Waals surface area contributed by atoms with Crippen LogP contribution in [0.25, 0.3) is 0 Å². The molecule has 0 spiro atoms. The van der Waals surface area contributed by atoms with Crippen LogP contribution in [0.2, 0.25) is 0 Å². The fourth-order valence-electron chi connectivity index (χ4n) is 5.48. The smallest absolute Gasteiger partial charge is 0.545 e. The third-order valence-electron chi connectivity index (χ3n) is 8.66. The third-order valence-corrected chi connectivity index (χ3v) is 8.66. The minimum atomic E-state index is -1.04. The van der Waals surface area contributed by atoms with Crippen LogP contribution in [-0.4, -0.2) is 11.9 Å². The molecule has 0 N–H and O–H groups in total. The van der Waals surface area contributed by atoms with Gasteiger partial charge in [0.15, 0.2) is 0 Å². The number of carbonyl (C=O) groups is 2. The van der Waals surface area contributed by atoms with Crippen molar-refractivity contribution in [3.05, 3.63) is 23.3 Å². The number of hydrogen-bond acceptors (Lipinski definition) is 4. The topological polar surface area (TPSA) is 80.3 Å². The summed E-state index contributed by atoms with van der Waals surface area (Å²) in [5.41, 5.74) is 0.740. The van der Waals surface area contributed by atoms with E-state index in [4.69, 9.17) is 0 Å². The summed E-state index contributed by atoms with van der Waals surface area (Å²) < 4.78 is 0. The maximum Gasteiger partial charge on any atom is 1.00 e. The molecule has 0 aromatic carbocycles. The number of carbonyl (C=O) groups excluding carboxylic acids is 2. The van der Waals surface area contributed by atoms with Crippen LogP contribution in [0.1, 0.15) is 220 Å². The number of hydrogen-bond donors (Lipinski definition) is 0. The maximum atomic E-state index is 10.5. The normalized spacial score (nSPS) is 11.3. The van der Waals surface area contributed by atoms with Gasteiger partial charge in [-0.3, -0.25) is 0 Å². The van der Waals surface area contributed by atoms with Crippen molar-refractivity contribution in [3.63, 3.8) is 0 Å². The maximum absolute atomic E-state index is 10.5. The molecule has 6 heteroatoms. The Hall–Kier alpha value is 0.420. The summed E-state index contributed by atoms with van der Waals surface area (Å²) in [6, 6.07) is 0. The molecule has 46 heavy (non-hydrogen) atoms. The van der Waals surface area contributed by atoms with E-state index in [0.29, 0.717) is 11.1 Å². The molecule has 0 amide bonds. The number of carboxylic acid groups (broad SMARTS) is 2. The molecule has 0 saturated carbocycles. The first-order valence-electron chi connectivity index (χ1n) is 19.1. The van der Waals surface area contributed by atoms with Gasteiger partial charge in [-0.05, 0) is 50.7 Å². The molecule has 0 aromatic rings. The van der Waals surface area contributed by atoms with Crippen LogP contribution in [-0.2, 0) is 9.59 Å². The van der Waals surface area contributed by atoms with E-state index >= 15 is 0 Å². The van der Waals surface area contributed by atoms with E-state index < -0.39 is 11.9 Å². The summed E-state index contributed by atoms with van der Waals surface area (Å²) in [5, 5.41) is 21.0. The van der Waals surface area contributed by atoms with Crippen LogP contribution in [0.15, 0.2) is 23.3 Å². The molecule has 0 unspecified atom stereocenters. The van der Waals surface area contributed by atoms with Gasteiger partial charge in [0.2, 0.25) is 0 Å². The fourth-order valence-corrected chi connectivity index (χ4v) is 5.48. The Labute approximate surface area is 331 Å². The zero-order chi connectivity index (χ0) is 32.9. The molecule has 0 radical (unpaired) electrons. The van der Waals surface area contributed by atoms with Gasteiger partial charge in [0.25, 0.3) is 0 Å². The minimum absolute atomic E-state index is 0. The van der Waals surface area contributed by atoms with Gasteiger partial charge in [-0.1, -0.05) is 193 Å². The number of allylic oxidation sites excluding steroid dienone is 2. The molecule has 4 nitrogen and oxygen atoms in total. The van der Waals surface area contributed by atoms with Crippen molar-refractivity contribution in [1.82, 2.24) is 0 Å². The van der Waals surface area contributed by atoms with Gasteiger partial charge >= 0.3 is 59.1 Å². The predicted octanol–water partition coefficient (Wildman–Crippen LogP) is 5.12. The molecule has 0 heterocycles. The summed E-state index contributed by atoms with van der Waals surface area (Å²) in [7, 11) is 0. The molecule has 0 fully saturated rings. The average Bonchev–Trinajstić information content (AvgIpc) is 3.01. The van der Waals surface area contributed by atoms with Crippen molar-refractivity contribution in [2.75, 3.05) is 0 Å². The molecule has 0 bridgehead atoms. The van der Waals surface area contributed by atoms with Crippen molar-refractivity contribution < 1.29 is 78.9 Å². The van der Waals surface area contributed by atoms with E-state index in [1.54, 1.807) is 26.0 Å². The molecule has 0 rings (SSSR count). The predicted molar refractivity (Wildman–Crippen MR) is 187 cm³/mol. The summed E-state index contributed by atoms with van der Waals surface area (Å²) in [4.78, 5) is 21.0. The molecule has 0 aromatic heterocycles. The molecule has 260 valence electrons. The Kier molecular flexibility index (Phi) is 52.5. The molecule has 0 aliphatic heterocycles. The van der Waals surface area contributed by atoms with Gasteiger partial charge in [0, 0.05) is 0 Å². The molecule has 0 atom stereocenters. The largest absolute Gasteiger partial charge is 1.00 e. The summed E-state index contributed by atoms with van der Waals surface area (Å²) >= 11 is 0. The number of carboxylic acids is 2. The quantitative estimate of drug-likeness (QED) is 0.0569. The Morgan fingerprint density at radius 1 is 0.370 bits per heavy atom. The van der Waals surface area contributed by atoms with Gasteiger partial charge < -0.3 is 19.8 Å². The zero-order valence-electron chi connectivity index (χ0n) is 32.0. The fraction of sp³-hybridized carbons (Fsp3) is 0.850.